The summed E-state index contributed by atoms with van der Waals surface area (Å²) >= 11 is 1.86. The molecule has 0 fully saturated rings. The van der Waals surface area contributed by atoms with Gasteiger partial charge in [0.15, 0.2) is 0 Å². The van der Waals surface area contributed by atoms with Crippen LogP contribution in [0.1, 0.15) is 44.4 Å². The lowest BCUT2D eigenvalue weighted by Crippen LogP contribution is -2.30. The lowest BCUT2D eigenvalue weighted by atomic mass is 10.1. The fourth-order valence-electron chi connectivity index (χ4n) is 1.76. The van der Waals surface area contributed by atoms with Crippen molar-refractivity contribution in [3.05, 3.63) is 22.4 Å². The smallest absolute Gasteiger partial charge is 0.00645 e. The third kappa shape index (κ3) is 5.33. The van der Waals surface area contributed by atoms with Crippen LogP contribution in [0, 0.1) is 0 Å². The standard InChI is InChI=1S/C13H23NS/c1-3-5-7-12(4-2)14-10-9-13-8-6-11-15-13/h6,8,11-12,14H,3-5,7,9-10H2,1-2H3/t12-/m0/s1. The summed E-state index contributed by atoms with van der Waals surface area (Å²) in [5, 5.41) is 5.81. The number of nitrogens with one attached hydrogen (secondary N) is 1. The molecule has 0 amide bonds. The van der Waals surface area contributed by atoms with E-state index in [2.05, 4.69) is 36.7 Å². The normalized spacial score (nSPS) is 12.9. The Labute approximate surface area is 97.9 Å². The van der Waals surface area contributed by atoms with Gasteiger partial charge >= 0.3 is 0 Å². The van der Waals surface area contributed by atoms with Crippen molar-refractivity contribution in [2.45, 2.75) is 52.0 Å². The van der Waals surface area contributed by atoms with Crippen molar-refractivity contribution in [2.24, 2.45) is 0 Å². The summed E-state index contributed by atoms with van der Waals surface area (Å²) in [4.78, 5) is 1.49. The van der Waals surface area contributed by atoms with Gasteiger partial charge in [-0.05, 0) is 30.7 Å². The van der Waals surface area contributed by atoms with Gasteiger partial charge in [0.25, 0.3) is 0 Å². The van der Waals surface area contributed by atoms with E-state index in [0.717, 1.165) is 12.6 Å². The van der Waals surface area contributed by atoms with Gasteiger partial charge in [-0.15, -0.1) is 11.3 Å². The molecule has 0 aliphatic carbocycles. The zero-order valence-corrected chi connectivity index (χ0v) is 10.8. The van der Waals surface area contributed by atoms with E-state index >= 15 is 0 Å². The highest BCUT2D eigenvalue weighted by Gasteiger charge is 2.04. The fourth-order valence-corrected chi connectivity index (χ4v) is 2.46. The van der Waals surface area contributed by atoms with Crippen molar-refractivity contribution in [1.82, 2.24) is 5.32 Å². The lowest BCUT2D eigenvalue weighted by molar-refractivity contribution is 0.456. The van der Waals surface area contributed by atoms with Gasteiger partial charge in [0.2, 0.25) is 0 Å². The summed E-state index contributed by atoms with van der Waals surface area (Å²) in [6, 6.07) is 5.08. The third-order valence-electron chi connectivity index (χ3n) is 2.78. The molecule has 0 spiro atoms. The van der Waals surface area contributed by atoms with Crippen molar-refractivity contribution >= 4 is 11.3 Å². The monoisotopic (exact) mass is 225 g/mol. The number of hydrogen-bond acceptors (Lipinski definition) is 2. The topological polar surface area (TPSA) is 12.0 Å². The van der Waals surface area contributed by atoms with Crippen LogP contribution >= 0.6 is 11.3 Å². The van der Waals surface area contributed by atoms with Crippen molar-refractivity contribution in [3.8, 4) is 0 Å². The zero-order valence-electron chi connectivity index (χ0n) is 9.96. The molecule has 1 aromatic rings. The Morgan fingerprint density at radius 2 is 2.27 bits per heavy atom. The first-order valence-electron chi connectivity index (χ1n) is 6.12. The third-order valence-corrected chi connectivity index (χ3v) is 3.72. The Hall–Kier alpha value is -0.340. The fraction of sp³-hybridized carbons (Fsp3) is 0.692. The van der Waals surface area contributed by atoms with Gasteiger partial charge in [0.05, 0.1) is 0 Å². The molecule has 0 radical (unpaired) electrons. The molecule has 0 aliphatic heterocycles. The number of hydrogen-bond donors (Lipinski definition) is 1. The molecular formula is C13H23NS. The Morgan fingerprint density at radius 3 is 2.87 bits per heavy atom. The van der Waals surface area contributed by atoms with E-state index < -0.39 is 0 Å². The van der Waals surface area contributed by atoms with Crippen molar-refractivity contribution in [2.75, 3.05) is 6.54 Å². The maximum Gasteiger partial charge on any atom is 0.00645 e. The van der Waals surface area contributed by atoms with Crippen LogP contribution in [0.5, 0.6) is 0 Å². The second kappa shape index (κ2) is 7.89. The minimum Gasteiger partial charge on any atom is -0.314 e. The van der Waals surface area contributed by atoms with Gasteiger partial charge in [-0.25, -0.2) is 0 Å². The number of unbranched alkanes of at least 4 members (excludes halogenated alkanes) is 1. The highest BCUT2D eigenvalue weighted by molar-refractivity contribution is 7.09. The average Bonchev–Trinajstić information content (AvgIpc) is 2.76. The van der Waals surface area contributed by atoms with Gasteiger partial charge in [0.1, 0.15) is 0 Å². The average molecular weight is 225 g/mol. The van der Waals surface area contributed by atoms with E-state index in [-0.39, 0.29) is 0 Å². The Bertz CT molecular complexity index is 231. The Morgan fingerprint density at radius 1 is 1.40 bits per heavy atom. The highest BCUT2D eigenvalue weighted by atomic mass is 32.1. The van der Waals surface area contributed by atoms with E-state index in [1.54, 1.807) is 0 Å². The van der Waals surface area contributed by atoms with Crippen LogP contribution in [-0.2, 0) is 6.42 Å². The van der Waals surface area contributed by atoms with Crippen LogP contribution in [-0.4, -0.2) is 12.6 Å². The van der Waals surface area contributed by atoms with Crippen molar-refractivity contribution in [3.63, 3.8) is 0 Å². The first kappa shape index (κ1) is 12.7. The molecule has 0 aliphatic rings. The summed E-state index contributed by atoms with van der Waals surface area (Å²) in [7, 11) is 0. The molecule has 1 rings (SSSR count). The van der Waals surface area contributed by atoms with Gasteiger partial charge in [-0.3, -0.25) is 0 Å². The number of thiophene rings is 1. The molecule has 1 N–H and O–H groups in total. The van der Waals surface area contributed by atoms with E-state index in [1.165, 1.54) is 37.0 Å². The molecule has 0 bridgehead atoms. The van der Waals surface area contributed by atoms with Crippen LogP contribution < -0.4 is 5.32 Å². The quantitative estimate of drug-likeness (QED) is 0.708. The predicted octanol–water partition coefficient (Wildman–Crippen LogP) is 3.85. The minimum atomic E-state index is 0.727. The molecule has 0 saturated heterocycles. The molecule has 0 saturated carbocycles. The minimum absolute atomic E-state index is 0.727. The maximum atomic E-state index is 3.65. The zero-order chi connectivity index (χ0) is 10.9. The Balaban J connectivity index is 2.11. The summed E-state index contributed by atoms with van der Waals surface area (Å²) in [6.07, 6.45) is 6.43. The number of rotatable bonds is 8. The largest absolute Gasteiger partial charge is 0.314 e. The van der Waals surface area contributed by atoms with Crippen LogP contribution in [0.25, 0.3) is 0 Å². The van der Waals surface area contributed by atoms with Crippen LogP contribution in [0.15, 0.2) is 17.5 Å². The van der Waals surface area contributed by atoms with Gasteiger partial charge in [0, 0.05) is 17.5 Å². The molecule has 15 heavy (non-hydrogen) atoms. The van der Waals surface area contributed by atoms with Crippen molar-refractivity contribution in [1.29, 1.82) is 0 Å². The molecular weight excluding hydrogens is 202 g/mol. The molecule has 1 aromatic heterocycles. The molecule has 0 unspecified atom stereocenters. The Kier molecular flexibility index (Phi) is 6.69. The van der Waals surface area contributed by atoms with E-state index in [1.807, 2.05) is 11.3 Å². The van der Waals surface area contributed by atoms with Crippen LogP contribution in [0.2, 0.25) is 0 Å². The van der Waals surface area contributed by atoms with Gasteiger partial charge < -0.3 is 5.32 Å². The summed E-state index contributed by atoms with van der Waals surface area (Å²) in [5.74, 6) is 0. The predicted molar refractivity (Wildman–Crippen MR) is 69.6 cm³/mol. The summed E-state index contributed by atoms with van der Waals surface area (Å²) in [5.41, 5.74) is 0. The second-order valence-corrected chi connectivity index (χ2v) is 5.06. The van der Waals surface area contributed by atoms with Gasteiger partial charge in [-0.1, -0.05) is 32.8 Å². The molecule has 2 heteroatoms. The molecule has 1 nitrogen and oxygen atoms in total. The first-order valence-corrected chi connectivity index (χ1v) is 7.00. The summed E-state index contributed by atoms with van der Waals surface area (Å²) in [6.45, 7) is 5.67. The van der Waals surface area contributed by atoms with E-state index in [9.17, 15) is 0 Å². The first-order chi connectivity index (χ1) is 7.36. The molecule has 1 heterocycles. The van der Waals surface area contributed by atoms with E-state index in [4.69, 9.17) is 0 Å². The molecule has 1 atom stereocenters. The van der Waals surface area contributed by atoms with Gasteiger partial charge in [-0.2, -0.15) is 0 Å². The maximum absolute atomic E-state index is 3.65. The second-order valence-electron chi connectivity index (χ2n) is 4.03. The summed E-state index contributed by atoms with van der Waals surface area (Å²) < 4.78 is 0. The SMILES string of the molecule is CCCC[C@H](CC)NCCc1cccs1. The van der Waals surface area contributed by atoms with Crippen LogP contribution in [0.4, 0.5) is 0 Å². The van der Waals surface area contributed by atoms with E-state index in [0.29, 0.717) is 0 Å². The van der Waals surface area contributed by atoms with Crippen LogP contribution in [0.3, 0.4) is 0 Å². The lowest BCUT2D eigenvalue weighted by Gasteiger charge is -2.16. The molecule has 0 aromatic carbocycles. The molecule has 86 valence electrons. The highest BCUT2D eigenvalue weighted by Crippen LogP contribution is 2.09. The van der Waals surface area contributed by atoms with Crippen molar-refractivity contribution < 1.29 is 0 Å².